The minimum atomic E-state index is -0.227. The molecule has 0 spiro atoms. The molecule has 0 radical (unpaired) electrons. The van der Waals surface area contributed by atoms with Crippen molar-refractivity contribution >= 4 is 10.8 Å². The van der Waals surface area contributed by atoms with Gasteiger partial charge in [0.15, 0.2) is 0 Å². The van der Waals surface area contributed by atoms with Crippen molar-refractivity contribution in [1.82, 2.24) is 4.98 Å². The third-order valence-corrected chi connectivity index (χ3v) is 3.17. The van der Waals surface area contributed by atoms with Crippen LogP contribution >= 0.6 is 0 Å². The maximum atomic E-state index is 13.8. The van der Waals surface area contributed by atoms with Crippen molar-refractivity contribution in [2.45, 2.75) is 0 Å². The molecule has 3 rings (SSSR count). The number of pyridine rings is 1. The molecule has 0 aliphatic rings. The molecule has 0 N–H and O–H groups in total. The molecule has 94 valence electrons. The minimum Gasteiger partial charge on any atom is -0.497 e. The number of halogens is 1. The van der Waals surface area contributed by atoms with E-state index in [1.54, 1.807) is 31.6 Å². The molecule has 19 heavy (non-hydrogen) atoms. The summed E-state index contributed by atoms with van der Waals surface area (Å²) >= 11 is 0. The third kappa shape index (κ3) is 2.03. The quantitative estimate of drug-likeness (QED) is 0.687. The highest BCUT2D eigenvalue weighted by Crippen LogP contribution is 2.30. The number of ether oxygens (including phenoxy) is 1. The number of aromatic nitrogens is 1. The van der Waals surface area contributed by atoms with Crippen LogP contribution in [-0.2, 0) is 0 Å². The lowest BCUT2D eigenvalue weighted by molar-refractivity contribution is 0.415. The van der Waals surface area contributed by atoms with Crippen molar-refractivity contribution in [3.63, 3.8) is 0 Å². The molecule has 0 fully saturated rings. The van der Waals surface area contributed by atoms with Gasteiger partial charge in [-0.1, -0.05) is 18.2 Å². The van der Waals surface area contributed by atoms with Crippen molar-refractivity contribution in [3.05, 3.63) is 60.7 Å². The zero-order valence-electron chi connectivity index (χ0n) is 10.4. The van der Waals surface area contributed by atoms with Crippen LogP contribution in [0.1, 0.15) is 0 Å². The normalized spacial score (nSPS) is 10.6. The summed E-state index contributed by atoms with van der Waals surface area (Å²) in [4.78, 5) is 4.08. The first-order valence-corrected chi connectivity index (χ1v) is 5.96. The van der Waals surface area contributed by atoms with Crippen LogP contribution in [0.4, 0.5) is 4.39 Å². The largest absolute Gasteiger partial charge is 0.497 e. The monoisotopic (exact) mass is 253 g/mol. The highest BCUT2D eigenvalue weighted by atomic mass is 19.1. The van der Waals surface area contributed by atoms with Gasteiger partial charge < -0.3 is 4.74 Å². The predicted octanol–water partition coefficient (Wildman–Crippen LogP) is 4.05. The highest BCUT2D eigenvalue weighted by molar-refractivity contribution is 5.96. The predicted molar refractivity (Wildman–Crippen MR) is 73.7 cm³/mol. The highest BCUT2D eigenvalue weighted by Gasteiger charge is 2.07. The number of benzene rings is 2. The lowest BCUT2D eigenvalue weighted by Gasteiger charge is -2.08. The second-order valence-electron chi connectivity index (χ2n) is 4.24. The van der Waals surface area contributed by atoms with Crippen LogP contribution in [0.25, 0.3) is 21.9 Å². The van der Waals surface area contributed by atoms with Crippen LogP contribution in [0.15, 0.2) is 54.9 Å². The van der Waals surface area contributed by atoms with Crippen LogP contribution in [0, 0.1) is 5.82 Å². The van der Waals surface area contributed by atoms with Gasteiger partial charge in [0, 0.05) is 23.2 Å². The fraction of sp³-hybridized carbons (Fsp3) is 0.0625. The lowest BCUT2D eigenvalue weighted by Crippen LogP contribution is -1.87. The van der Waals surface area contributed by atoms with Gasteiger partial charge in [0.25, 0.3) is 0 Å². The smallest absolute Gasteiger partial charge is 0.131 e. The Kier molecular flexibility index (Phi) is 2.88. The van der Waals surface area contributed by atoms with Crippen molar-refractivity contribution < 1.29 is 9.13 Å². The lowest BCUT2D eigenvalue weighted by atomic mass is 9.99. The summed E-state index contributed by atoms with van der Waals surface area (Å²) < 4.78 is 18.9. The van der Waals surface area contributed by atoms with Crippen LogP contribution in [0.2, 0.25) is 0 Å². The molecule has 2 aromatic carbocycles. The Morgan fingerprint density at radius 2 is 1.74 bits per heavy atom. The van der Waals surface area contributed by atoms with E-state index in [2.05, 4.69) is 4.98 Å². The molecule has 0 aliphatic heterocycles. The summed E-state index contributed by atoms with van der Waals surface area (Å²) in [5.41, 5.74) is 1.98. The molecule has 0 saturated carbocycles. The molecular formula is C16H12FNO. The Balaban J connectivity index is 2.21. The van der Waals surface area contributed by atoms with Crippen LogP contribution in [-0.4, -0.2) is 12.1 Å². The number of methoxy groups -OCH3 is 1. The van der Waals surface area contributed by atoms with E-state index in [0.717, 1.165) is 22.3 Å². The average molecular weight is 253 g/mol. The van der Waals surface area contributed by atoms with E-state index in [0.29, 0.717) is 5.39 Å². The van der Waals surface area contributed by atoms with E-state index in [4.69, 9.17) is 4.74 Å². The molecule has 1 aromatic heterocycles. The number of hydrogen-bond acceptors (Lipinski definition) is 2. The molecule has 0 atom stereocenters. The number of hydrogen-bond donors (Lipinski definition) is 0. The second-order valence-corrected chi connectivity index (χ2v) is 4.24. The van der Waals surface area contributed by atoms with E-state index in [9.17, 15) is 4.39 Å². The fourth-order valence-corrected chi connectivity index (χ4v) is 2.18. The zero-order valence-corrected chi connectivity index (χ0v) is 10.4. The first kappa shape index (κ1) is 11.7. The van der Waals surface area contributed by atoms with Crippen molar-refractivity contribution in [1.29, 1.82) is 0 Å². The van der Waals surface area contributed by atoms with E-state index in [1.165, 1.54) is 6.07 Å². The maximum absolute atomic E-state index is 13.8. The average Bonchev–Trinajstić information content (AvgIpc) is 2.48. The minimum absolute atomic E-state index is 0.227. The SMILES string of the molecule is COc1ccc(-c2ccc(F)c3ccncc23)cc1. The molecule has 3 heteroatoms. The molecule has 3 aromatic rings. The van der Waals surface area contributed by atoms with Crippen LogP contribution in [0.3, 0.4) is 0 Å². The Morgan fingerprint density at radius 3 is 2.47 bits per heavy atom. The Bertz CT molecular complexity index is 722. The first-order valence-electron chi connectivity index (χ1n) is 5.96. The maximum Gasteiger partial charge on any atom is 0.131 e. The van der Waals surface area contributed by atoms with Gasteiger partial charge in [-0.05, 0) is 35.4 Å². The summed E-state index contributed by atoms with van der Waals surface area (Å²) in [5, 5.41) is 1.40. The molecule has 1 heterocycles. The van der Waals surface area contributed by atoms with Gasteiger partial charge in [-0.2, -0.15) is 0 Å². The molecule has 2 nitrogen and oxygen atoms in total. The third-order valence-electron chi connectivity index (χ3n) is 3.17. The van der Waals surface area contributed by atoms with E-state index >= 15 is 0 Å². The molecular weight excluding hydrogens is 241 g/mol. The molecule has 0 bridgehead atoms. The summed E-state index contributed by atoms with van der Waals surface area (Å²) in [5.74, 6) is 0.572. The van der Waals surface area contributed by atoms with Crippen LogP contribution < -0.4 is 4.74 Å². The summed E-state index contributed by atoms with van der Waals surface area (Å²) in [6.07, 6.45) is 3.29. The van der Waals surface area contributed by atoms with Gasteiger partial charge in [-0.25, -0.2) is 4.39 Å². The first-order chi connectivity index (χ1) is 9.29. The van der Waals surface area contributed by atoms with Gasteiger partial charge >= 0.3 is 0 Å². The van der Waals surface area contributed by atoms with Gasteiger partial charge in [-0.3, -0.25) is 4.98 Å². The molecule has 0 amide bonds. The van der Waals surface area contributed by atoms with Gasteiger partial charge in [-0.15, -0.1) is 0 Å². The summed E-state index contributed by atoms with van der Waals surface area (Å²) in [7, 11) is 1.63. The van der Waals surface area contributed by atoms with Crippen LogP contribution in [0.5, 0.6) is 5.75 Å². The topological polar surface area (TPSA) is 22.1 Å². The second kappa shape index (κ2) is 4.69. The van der Waals surface area contributed by atoms with Crippen molar-refractivity contribution in [2.24, 2.45) is 0 Å². The summed E-state index contributed by atoms with van der Waals surface area (Å²) in [6.45, 7) is 0. The van der Waals surface area contributed by atoms with Gasteiger partial charge in [0.05, 0.1) is 7.11 Å². The molecule has 0 aliphatic carbocycles. The Morgan fingerprint density at radius 1 is 0.947 bits per heavy atom. The standard InChI is InChI=1S/C16H12FNO/c1-19-12-4-2-11(3-5-12)13-6-7-16(17)14-8-9-18-10-15(13)14/h2-10H,1H3. The number of fused-ring (bicyclic) bond motifs is 1. The Hall–Kier alpha value is -2.42. The van der Waals surface area contributed by atoms with Gasteiger partial charge in [0.1, 0.15) is 11.6 Å². The zero-order chi connectivity index (χ0) is 13.2. The van der Waals surface area contributed by atoms with E-state index in [1.807, 2.05) is 24.3 Å². The van der Waals surface area contributed by atoms with E-state index in [-0.39, 0.29) is 5.82 Å². The Labute approximate surface area is 110 Å². The fourth-order valence-electron chi connectivity index (χ4n) is 2.18. The molecule has 0 saturated heterocycles. The van der Waals surface area contributed by atoms with E-state index < -0.39 is 0 Å². The van der Waals surface area contributed by atoms with Crippen molar-refractivity contribution in [2.75, 3.05) is 7.11 Å². The van der Waals surface area contributed by atoms with Crippen molar-refractivity contribution in [3.8, 4) is 16.9 Å². The number of rotatable bonds is 2. The summed E-state index contributed by atoms with van der Waals surface area (Å²) in [6, 6.07) is 12.7. The number of nitrogens with zero attached hydrogens (tertiary/aromatic N) is 1. The molecule has 0 unspecified atom stereocenters. The van der Waals surface area contributed by atoms with Gasteiger partial charge in [0.2, 0.25) is 0 Å².